The lowest BCUT2D eigenvalue weighted by molar-refractivity contribution is -0.131. The van der Waals surface area contributed by atoms with E-state index in [1.807, 2.05) is 0 Å². The summed E-state index contributed by atoms with van der Waals surface area (Å²) in [6, 6.07) is 0. The summed E-state index contributed by atoms with van der Waals surface area (Å²) in [4.78, 5) is 14.2. The molecule has 0 aromatic heterocycles. The van der Waals surface area contributed by atoms with Crippen LogP contribution >= 0.6 is 11.6 Å². The Bertz CT molecular complexity index is 222. The smallest absolute Gasteiger partial charge is 0.222 e. The number of alkyl halides is 1. The number of nitrogens with zero attached hydrogens (tertiary/aromatic N) is 1. The van der Waals surface area contributed by atoms with Crippen molar-refractivity contribution in [3.63, 3.8) is 0 Å². The van der Waals surface area contributed by atoms with Gasteiger partial charge in [-0.3, -0.25) is 4.79 Å². The first-order valence-electron chi connectivity index (χ1n) is 6.63. The van der Waals surface area contributed by atoms with E-state index in [4.69, 9.17) is 11.6 Å². The van der Waals surface area contributed by atoms with Crippen LogP contribution in [0.25, 0.3) is 0 Å². The van der Waals surface area contributed by atoms with Gasteiger partial charge in [-0.15, -0.1) is 11.6 Å². The molecule has 0 N–H and O–H groups in total. The molecule has 1 amide bonds. The fourth-order valence-corrected chi connectivity index (χ4v) is 2.22. The highest BCUT2D eigenvalue weighted by Crippen LogP contribution is 2.34. The van der Waals surface area contributed by atoms with Crippen LogP contribution in [0.15, 0.2) is 0 Å². The lowest BCUT2D eigenvalue weighted by Gasteiger charge is -2.22. The third kappa shape index (κ3) is 4.32. The molecule has 2 rings (SSSR count). The Morgan fingerprint density at radius 3 is 2.06 bits per heavy atom. The highest BCUT2D eigenvalue weighted by atomic mass is 35.5. The number of halogens is 1. The Kier molecular flexibility index (Phi) is 4.51. The Hall–Kier alpha value is -0.240. The molecule has 2 saturated carbocycles. The number of hydrogen-bond donors (Lipinski definition) is 0. The van der Waals surface area contributed by atoms with E-state index in [9.17, 15) is 4.79 Å². The van der Waals surface area contributed by atoms with Crippen LogP contribution in [-0.4, -0.2) is 29.8 Å². The lowest BCUT2D eigenvalue weighted by Crippen LogP contribution is -2.34. The third-order valence-corrected chi connectivity index (χ3v) is 3.75. The van der Waals surface area contributed by atoms with Gasteiger partial charge in [0, 0.05) is 25.4 Å². The molecule has 0 radical (unpaired) electrons. The number of amides is 1. The van der Waals surface area contributed by atoms with Gasteiger partial charge in [0.05, 0.1) is 0 Å². The van der Waals surface area contributed by atoms with Gasteiger partial charge in [-0.2, -0.15) is 0 Å². The van der Waals surface area contributed by atoms with Crippen molar-refractivity contribution in [1.29, 1.82) is 0 Å². The van der Waals surface area contributed by atoms with Crippen LogP contribution in [0.4, 0.5) is 0 Å². The van der Waals surface area contributed by atoms with Crippen LogP contribution in [0.2, 0.25) is 0 Å². The minimum atomic E-state index is 0.365. The molecule has 0 spiro atoms. The molecule has 0 bridgehead atoms. The zero-order valence-electron chi connectivity index (χ0n) is 9.96. The van der Waals surface area contributed by atoms with Crippen LogP contribution in [0, 0.1) is 11.8 Å². The molecule has 0 aliphatic heterocycles. The maximum absolute atomic E-state index is 12.0. The Morgan fingerprint density at radius 1 is 1.06 bits per heavy atom. The molecule has 0 heterocycles. The molecule has 0 saturated heterocycles. The maximum Gasteiger partial charge on any atom is 0.222 e. The van der Waals surface area contributed by atoms with Gasteiger partial charge in [-0.05, 0) is 50.4 Å². The normalized spacial score (nSPS) is 19.8. The lowest BCUT2D eigenvalue weighted by atomic mass is 10.2. The summed E-state index contributed by atoms with van der Waals surface area (Å²) >= 11 is 5.63. The molecule has 92 valence electrons. The topological polar surface area (TPSA) is 20.3 Å². The summed E-state index contributed by atoms with van der Waals surface area (Å²) in [5.41, 5.74) is 0. The Balaban J connectivity index is 1.71. The summed E-state index contributed by atoms with van der Waals surface area (Å²) in [6.07, 6.45) is 7.94. The quantitative estimate of drug-likeness (QED) is 0.474. The van der Waals surface area contributed by atoms with Crippen LogP contribution in [0.3, 0.4) is 0 Å². The highest BCUT2D eigenvalue weighted by Gasteiger charge is 2.31. The van der Waals surface area contributed by atoms with Gasteiger partial charge in [-0.25, -0.2) is 0 Å². The van der Waals surface area contributed by atoms with Crippen molar-refractivity contribution in [2.24, 2.45) is 11.8 Å². The van der Waals surface area contributed by atoms with Crippen molar-refractivity contribution in [3.8, 4) is 0 Å². The number of hydrogen-bond acceptors (Lipinski definition) is 1. The molecular weight excluding hydrogens is 222 g/mol. The summed E-state index contributed by atoms with van der Waals surface area (Å²) < 4.78 is 0. The van der Waals surface area contributed by atoms with Gasteiger partial charge in [0.2, 0.25) is 5.91 Å². The molecular formula is C13H22ClNO. The summed E-state index contributed by atoms with van der Waals surface area (Å²) in [5.74, 6) is 2.67. The Labute approximate surface area is 103 Å². The van der Waals surface area contributed by atoms with E-state index in [0.717, 1.165) is 37.8 Å². The van der Waals surface area contributed by atoms with Crippen molar-refractivity contribution < 1.29 is 4.79 Å². The van der Waals surface area contributed by atoms with Crippen molar-refractivity contribution in [3.05, 3.63) is 0 Å². The van der Waals surface area contributed by atoms with Crippen LogP contribution in [0.5, 0.6) is 0 Å². The second kappa shape index (κ2) is 5.90. The zero-order valence-corrected chi connectivity index (χ0v) is 10.7. The van der Waals surface area contributed by atoms with E-state index in [0.29, 0.717) is 18.2 Å². The SMILES string of the molecule is O=C(CCCCCl)N(CC1CC1)CC1CC1. The molecule has 2 nitrogen and oxygen atoms in total. The summed E-state index contributed by atoms with van der Waals surface area (Å²) in [7, 11) is 0. The van der Waals surface area contributed by atoms with Crippen molar-refractivity contribution >= 4 is 17.5 Å². The third-order valence-electron chi connectivity index (χ3n) is 3.48. The van der Waals surface area contributed by atoms with Crippen molar-refractivity contribution in [2.75, 3.05) is 19.0 Å². The van der Waals surface area contributed by atoms with Crippen LogP contribution in [-0.2, 0) is 4.79 Å². The number of carbonyl (C=O) groups is 1. The van der Waals surface area contributed by atoms with Crippen LogP contribution in [0.1, 0.15) is 44.9 Å². The summed E-state index contributed by atoms with van der Waals surface area (Å²) in [5, 5.41) is 0. The van der Waals surface area contributed by atoms with E-state index in [2.05, 4.69) is 4.90 Å². The molecule has 0 aromatic carbocycles. The molecule has 0 aromatic rings. The molecule has 2 aliphatic carbocycles. The van der Waals surface area contributed by atoms with Gasteiger partial charge in [-0.1, -0.05) is 0 Å². The fourth-order valence-electron chi connectivity index (χ4n) is 2.03. The first kappa shape index (κ1) is 12.2. The van der Waals surface area contributed by atoms with Gasteiger partial charge in [0.1, 0.15) is 0 Å². The van der Waals surface area contributed by atoms with E-state index >= 15 is 0 Å². The molecule has 0 unspecified atom stereocenters. The minimum absolute atomic E-state index is 0.365. The second-order valence-electron chi connectivity index (χ2n) is 5.33. The largest absolute Gasteiger partial charge is 0.342 e. The molecule has 0 atom stereocenters. The average molecular weight is 244 g/mol. The maximum atomic E-state index is 12.0. The van der Waals surface area contributed by atoms with Gasteiger partial charge >= 0.3 is 0 Å². The molecule has 3 heteroatoms. The van der Waals surface area contributed by atoms with Crippen LogP contribution < -0.4 is 0 Å². The predicted molar refractivity (Wildman–Crippen MR) is 66.6 cm³/mol. The van der Waals surface area contributed by atoms with Gasteiger partial charge < -0.3 is 4.90 Å². The average Bonchev–Trinajstić information content (AvgIpc) is 3.11. The number of carbonyl (C=O) groups excluding carboxylic acids is 1. The summed E-state index contributed by atoms with van der Waals surface area (Å²) in [6.45, 7) is 2.05. The predicted octanol–water partition coefficient (Wildman–Crippen LogP) is 3.04. The monoisotopic (exact) mass is 243 g/mol. The highest BCUT2D eigenvalue weighted by molar-refractivity contribution is 6.17. The fraction of sp³-hybridized carbons (Fsp3) is 0.923. The zero-order chi connectivity index (χ0) is 11.4. The standard InChI is InChI=1S/C13H22ClNO/c14-8-2-1-3-13(16)15(9-11-4-5-11)10-12-6-7-12/h11-12H,1-10H2. The molecule has 16 heavy (non-hydrogen) atoms. The molecule has 2 aliphatic rings. The van der Waals surface area contributed by atoms with E-state index < -0.39 is 0 Å². The minimum Gasteiger partial charge on any atom is -0.342 e. The van der Waals surface area contributed by atoms with E-state index in [-0.39, 0.29) is 0 Å². The first-order chi connectivity index (χ1) is 7.79. The van der Waals surface area contributed by atoms with E-state index in [1.54, 1.807) is 0 Å². The second-order valence-corrected chi connectivity index (χ2v) is 5.71. The first-order valence-corrected chi connectivity index (χ1v) is 7.17. The van der Waals surface area contributed by atoms with Gasteiger partial charge in [0.15, 0.2) is 0 Å². The Morgan fingerprint density at radius 2 is 1.62 bits per heavy atom. The van der Waals surface area contributed by atoms with E-state index in [1.165, 1.54) is 25.7 Å². The number of rotatable bonds is 8. The van der Waals surface area contributed by atoms with Gasteiger partial charge in [0.25, 0.3) is 0 Å². The van der Waals surface area contributed by atoms with Crippen molar-refractivity contribution in [2.45, 2.75) is 44.9 Å². The number of unbranched alkanes of at least 4 members (excludes halogenated alkanes) is 1. The molecule has 2 fully saturated rings. The van der Waals surface area contributed by atoms with Crippen molar-refractivity contribution in [1.82, 2.24) is 4.90 Å².